The van der Waals surface area contributed by atoms with Crippen LogP contribution in [0.4, 0.5) is 10.7 Å². The summed E-state index contributed by atoms with van der Waals surface area (Å²) in [4.78, 5) is 27.7. The third-order valence-electron chi connectivity index (χ3n) is 4.96. The van der Waals surface area contributed by atoms with E-state index in [0.717, 1.165) is 29.2 Å². The van der Waals surface area contributed by atoms with Crippen molar-refractivity contribution in [2.45, 2.75) is 0 Å². The van der Waals surface area contributed by atoms with Gasteiger partial charge >= 0.3 is 5.97 Å². The smallest absolute Gasteiger partial charge is 0.337 e. The van der Waals surface area contributed by atoms with E-state index in [2.05, 4.69) is 10.2 Å². The molecule has 1 aromatic heterocycles. The van der Waals surface area contributed by atoms with Crippen molar-refractivity contribution < 1.29 is 19.1 Å². The number of halogens is 1. The minimum Gasteiger partial charge on any atom is -0.465 e. The van der Waals surface area contributed by atoms with E-state index in [9.17, 15) is 9.59 Å². The minimum absolute atomic E-state index is 0.286. The van der Waals surface area contributed by atoms with Gasteiger partial charge in [-0.05, 0) is 29.8 Å². The minimum atomic E-state index is -0.496. The average molecular weight is 457 g/mol. The number of morpholine rings is 1. The molecule has 2 heterocycles. The van der Waals surface area contributed by atoms with Crippen LogP contribution in [0, 0.1) is 0 Å². The van der Waals surface area contributed by atoms with Crippen LogP contribution in [0.25, 0.3) is 11.1 Å². The molecule has 0 atom stereocenters. The van der Waals surface area contributed by atoms with Crippen molar-refractivity contribution in [1.82, 2.24) is 0 Å². The number of methoxy groups -OCH3 is 1. The highest BCUT2D eigenvalue weighted by Gasteiger charge is 2.22. The number of benzene rings is 2. The summed E-state index contributed by atoms with van der Waals surface area (Å²) in [5.74, 6) is -0.783. The normalized spacial score (nSPS) is 13.7. The van der Waals surface area contributed by atoms with E-state index >= 15 is 0 Å². The molecular weight excluding hydrogens is 436 g/mol. The van der Waals surface area contributed by atoms with Gasteiger partial charge in [0.05, 0.1) is 46.5 Å². The molecule has 31 heavy (non-hydrogen) atoms. The maximum atomic E-state index is 13.1. The van der Waals surface area contributed by atoms with E-state index in [4.69, 9.17) is 21.1 Å². The fourth-order valence-corrected chi connectivity index (χ4v) is 4.66. The van der Waals surface area contributed by atoms with Gasteiger partial charge in [0.2, 0.25) is 0 Å². The summed E-state index contributed by atoms with van der Waals surface area (Å²) >= 11 is 7.68. The molecule has 0 radical (unpaired) electrons. The van der Waals surface area contributed by atoms with Gasteiger partial charge in [0.25, 0.3) is 5.91 Å². The fourth-order valence-electron chi connectivity index (χ4n) is 3.37. The zero-order chi connectivity index (χ0) is 21.8. The SMILES string of the molecule is COC(=O)c1ccc(Cl)c(NC(=O)c2cc(-c3ccccc3)c(N3CCOCC3)s2)c1. The number of nitrogens with one attached hydrogen (secondary N) is 1. The van der Waals surface area contributed by atoms with E-state index in [0.29, 0.717) is 34.4 Å². The topological polar surface area (TPSA) is 67.9 Å². The van der Waals surface area contributed by atoms with Crippen LogP contribution >= 0.6 is 22.9 Å². The zero-order valence-corrected chi connectivity index (χ0v) is 18.5. The molecular formula is C23H21ClN2O4S. The Balaban J connectivity index is 1.66. The number of anilines is 2. The first kappa shape index (κ1) is 21.4. The Labute approximate surface area is 189 Å². The first-order chi connectivity index (χ1) is 15.1. The van der Waals surface area contributed by atoms with E-state index in [1.54, 1.807) is 12.1 Å². The predicted octanol–water partition coefficient (Wildman–Crippen LogP) is 4.94. The highest BCUT2D eigenvalue weighted by Crippen LogP contribution is 2.40. The second-order valence-electron chi connectivity index (χ2n) is 6.94. The van der Waals surface area contributed by atoms with Gasteiger partial charge in [0.1, 0.15) is 0 Å². The molecule has 3 aromatic rings. The van der Waals surface area contributed by atoms with Crippen molar-refractivity contribution in [2.24, 2.45) is 0 Å². The number of ether oxygens (including phenoxy) is 2. The van der Waals surface area contributed by atoms with Crippen molar-refractivity contribution in [3.8, 4) is 11.1 Å². The average Bonchev–Trinajstić information content (AvgIpc) is 3.27. The van der Waals surface area contributed by atoms with Crippen LogP contribution in [-0.2, 0) is 9.47 Å². The summed E-state index contributed by atoms with van der Waals surface area (Å²) in [6.07, 6.45) is 0. The molecule has 1 saturated heterocycles. The summed E-state index contributed by atoms with van der Waals surface area (Å²) in [5, 5.41) is 4.21. The second kappa shape index (κ2) is 9.51. The molecule has 1 N–H and O–H groups in total. The van der Waals surface area contributed by atoms with Gasteiger partial charge in [-0.2, -0.15) is 0 Å². The lowest BCUT2D eigenvalue weighted by atomic mass is 10.1. The van der Waals surface area contributed by atoms with Gasteiger partial charge < -0.3 is 19.7 Å². The van der Waals surface area contributed by atoms with Gasteiger partial charge in [-0.1, -0.05) is 41.9 Å². The molecule has 4 rings (SSSR count). The summed E-state index contributed by atoms with van der Waals surface area (Å²) in [6, 6.07) is 16.5. The van der Waals surface area contributed by atoms with Gasteiger partial charge in [-0.15, -0.1) is 11.3 Å². The number of thiophene rings is 1. The number of carbonyl (C=O) groups is 2. The molecule has 0 aliphatic carbocycles. The summed E-state index contributed by atoms with van der Waals surface area (Å²) in [6.45, 7) is 2.86. The Morgan fingerprint density at radius 3 is 2.55 bits per heavy atom. The Morgan fingerprint density at radius 1 is 1.10 bits per heavy atom. The number of rotatable bonds is 5. The van der Waals surface area contributed by atoms with Crippen LogP contribution < -0.4 is 10.2 Å². The van der Waals surface area contributed by atoms with E-state index in [-0.39, 0.29) is 5.91 Å². The second-order valence-corrected chi connectivity index (χ2v) is 8.37. The summed E-state index contributed by atoms with van der Waals surface area (Å²) in [5.41, 5.74) is 2.72. The molecule has 1 fully saturated rings. The fraction of sp³-hybridized carbons (Fsp3) is 0.217. The number of nitrogens with zero attached hydrogens (tertiary/aromatic N) is 1. The monoisotopic (exact) mass is 456 g/mol. The third kappa shape index (κ3) is 4.74. The number of hydrogen-bond donors (Lipinski definition) is 1. The third-order valence-corrected chi connectivity index (χ3v) is 6.48. The zero-order valence-electron chi connectivity index (χ0n) is 16.9. The lowest BCUT2D eigenvalue weighted by Crippen LogP contribution is -2.35. The van der Waals surface area contributed by atoms with Crippen LogP contribution in [0.1, 0.15) is 20.0 Å². The standard InChI is InChI=1S/C23H21ClN2O4S/c1-29-23(28)16-7-8-18(24)19(13-16)25-21(27)20-14-17(15-5-3-2-4-6-15)22(31-20)26-9-11-30-12-10-26/h2-8,13-14H,9-12H2,1H3,(H,25,27). The molecule has 1 aliphatic rings. The maximum Gasteiger partial charge on any atom is 0.337 e. The summed E-state index contributed by atoms with van der Waals surface area (Å²) in [7, 11) is 1.30. The van der Waals surface area contributed by atoms with Crippen molar-refractivity contribution in [3.63, 3.8) is 0 Å². The number of hydrogen-bond acceptors (Lipinski definition) is 6. The van der Waals surface area contributed by atoms with Crippen molar-refractivity contribution in [1.29, 1.82) is 0 Å². The van der Waals surface area contributed by atoms with Gasteiger partial charge in [-0.3, -0.25) is 4.79 Å². The highest BCUT2D eigenvalue weighted by molar-refractivity contribution is 7.18. The van der Waals surface area contributed by atoms with Gasteiger partial charge in [-0.25, -0.2) is 4.79 Å². The molecule has 0 saturated carbocycles. The highest BCUT2D eigenvalue weighted by atomic mass is 35.5. The molecule has 0 bridgehead atoms. The van der Waals surface area contributed by atoms with Crippen LogP contribution in [0.3, 0.4) is 0 Å². The maximum absolute atomic E-state index is 13.1. The quantitative estimate of drug-likeness (QED) is 0.550. The van der Waals surface area contributed by atoms with Gasteiger partial charge in [0, 0.05) is 18.7 Å². The van der Waals surface area contributed by atoms with Crippen molar-refractivity contribution in [3.05, 3.63) is 70.1 Å². The number of carbonyl (C=O) groups excluding carboxylic acids is 2. The van der Waals surface area contributed by atoms with Crippen molar-refractivity contribution in [2.75, 3.05) is 43.6 Å². The molecule has 160 valence electrons. The Morgan fingerprint density at radius 2 is 1.84 bits per heavy atom. The van der Waals surface area contributed by atoms with Gasteiger partial charge in [0.15, 0.2) is 0 Å². The summed E-state index contributed by atoms with van der Waals surface area (Å²) < 4.78 is 10.2. The van der Waals surface area contributed by atoms with Crippen LogP contribution in [0.2, 0.25) is 5.02 Å². The molecule has 8 heteroatoms. The Bertz CT molecular complexity index is 1090. The molecule has 2 aromatic carbocycles. The Kier molecular flexibility index (Phi) is 6.56. The van der Waals surface area contributed by atoms with E-state index in [1.165, 1.54) is 24.5 Å². The first-order valence-electron chi connectivity index (χ1n) is 9.78. The largest absolute Gasteiger partial charge is 0.465 e. The molecule has 6 nitrogen and oxygen atoms in total. The lowest BCUT2D eigenvalue weighted by Gasteiger charge is -2.28. The van der Waals surface area contributed by atoms with E-state index < -0.39 is 5.97 Å². The predicted molar refractivity (Wildman–Crippen MR) is 124 cm³/mol. The van der Waals surface area contributed by atoms with Crippen molar-refractivity contribution >= 4 is 45.5 Å². The first-order valence-corrected chi connectivity index (χ1v) is 11.0. The van der Waals surface area contributed by atoms with Crippen LogP contribution in [0.5, 0.6) is 0 Å². The van der Waals surface area contributed by atoms with Crippen LogP contribution in [-0.4, -0.2) is 45.3 Å². The van der Waals surface area contributed by atoms with E-state index in [1.807, 2.05) is 36.4 Å². The number of esters is 1. The molecule has 1 amide bonds. The molecule has 1 aliphatic heterocycles. The number of amides is 1. The molecule has 0 spiro atoms. The Hall–Kier alpha value is -2.87. The molecule has 0 unspecified atom stereocenters. The van der Waals surface area contributed by atoms with Crippen LogP contribution in [0.15, 0.2) is 54.6 Å². The lowest BCUT2D eigenvalue weighted by molar-refractivity contribution is 0.0600.